The normalized spacial score (nSPS) is 27.6. The van der Waals surface area contributed by atoms with Crippen LogP contribution in [0.15, 0.2) is 0 Å². The first-order valence-electron chi connectivity index (χ1n) is 6.57. The monoisotopic (exact) mass is 262 g/mol. The van der Waals surface area contributed by atoms with E-state index in [4.69, 9.17) is 4.74 Å². The van der Waals surface area contributed by atoms with Crippen LogP contribution in [-0.4, -0.2) is 43.7 Å². The molecule has 6 heteroatoms. The molecule has 18 heavy (non-hydrogen) atoms. The Hall–Kier alpha value is -0.750. The molecule has 0 bridgehead atoms. The zero-order chi connectivity index (χ0) is 13.0. The van der Waals surface area contributed by atoms with Crippen molar-refractivity contribution in [2.24, 2.45) is 0 Å². The molecular weight excluding hydrogens is 242 g/mol. The SMILES string of the molecule is O=C(NCCOC1CCCC1)C1CC(F)(F)CN1. The van der Waals surface area contributed by atoms with Gasteiger partial charge in [0.15, 0.2) is 0 Å². The quantitative estimate of drug-likeness (QED) is 0.728. The molecule has 2 rings (SSSR count). The molecule has 104 valence electrons. The Morgan fingerprint density at radius 1 is 1.39 bits per heavy atom. The molecule has 1 saturated heterocycles. The fraction of sp³-hybridized carbons (Fsp3) is 0.917. The van der Waals surface area contributed by atoms with Gasteiger partial charge in [-0.05, 0) is 12.8 Å². The molecular formula is C12H20F2N2O2. The van der Waals surface area contributed by atoms with E-state index in [1.54, 1.807) is 0 Å². The molecule has 2 N–H and O–H groups in total. The van der Waals surface area contributed by atoms with Crippen LogP contribution < -0.4 is 10.6 Å². The number of ether oxygens (including phenoxy) is 1. The van der Waals surface area contributed by atoms with Crippen molar-refractivity contribution in [1.82, 2.24) is 10.6 Å². The van der Waals surface area contributed by atoms with E-state index in [9.17, 15) is 13.6 Å². The standard InChI is InChI=1S/C12H20F2N2O2/c13-12(14)7-10(16-8-12)11(17)15-5-6-18-9-3-1-2-4-9/h9-10,16H,1-8H2,(H,15,17). The Morgan fingerprint density at radius 3 is 2.72 bits per heavy atom. The van der Waals surface area contributed by atoms with Crippen molar-refractivity contribution >= 4 is 5.91 Å². The summed E-state index contributed by atoms with van der Waals surface area (Å²) >= 11 is 0. The lowest BCUT2D eigenvalue weighted by atomic mass is 10.2. The highest BCUT2D eigenvalue weighted by molar-refractivity contribution is 5.82. The number of nitrogens with one attached hydrogen (secondary N) is 2. The molecule has 2 aliphatic rings. The van der Waals surface area contributed by atoms with Crippen molar-refractivity contribution in [3.05, 3.63) is 0 Å². The molecule has 0 spiro atoms. The topological polar surface area (TPSA) is 50.4 Å². The summed E-state index contributed by atoms with van der Waals surface area (Å²) in [6, 6.07) is -0.772. The molecule has 1 heterocycles. The Kier molecular flexibility index (Phi) is 4.50. The van der Waals surface area contributed by atoms with Crippen LogP contribution >= 0.6 is 0 Å². The average molecular weight is 262 g/mol. The third-order valence-electron chi connectivity index (χ3n) is 3.48. The molecule has 0 radical (unpaired) electrons. The van der Waals surface area contributed by atoms with Gasteiger partial charge in [0.05, 0.1) is 25.3 Å². The van der Waals surface area contributed by atoms with Gasteiger partial charge in [-0.25, -0.2) is 8.78 Å². The molecule has 1 saturated carbocycles. The molecule has 0 aromatic heterocycles. The lowest BCUT2D eigenvalue weighted by Gasteiger charge is -2.13. The van der Waals surface area contributed by atoms with E-state index < -0.39 is 24.9 Å². The van der Waals surface area contributed by atoms with Crippen molar-refractivity contribution in [2.45, 2.75) is 50.2 Å². The second-order valence-corrected chi connectivity index (χ2v) is 5.06. The van der Waals surface area contributed by atoms with Gasteiger partial charge in [-0.1, -0.05) is 12.8 Å². The smallest absolute Gasteiger partial charge is 0.262 e. The maximum absolute atomic E-state index is 12.9. The number of alkyl halides is 2. The van der Waals surface area contributed by atoms with E-state index in [1.807, 2.05) is 0 Å². The van der Waals surface area contributed by atoms with Crippen LogP contribution in [0.2, 0.25) is 0 Å². The van der Waals surface area contributed by atoms with Gasteiger partial charge < -0.3 is 10.1 Å². The van der Waals surface area contributed by atoms with Gasteiger partial charge in [-0.3, -0.25) is 10.1 Å². The lowest BCUT2D eigenvalue weighted by Crippen LogP contribution is -2.41. The van der Waals surface area contributed by atoms with Crippen LogP contribution in [0.4, 0.5) is 8.78 Å². The second-order valence-electron chi connectivity index (χ2n) is 5.06. The highest BCUT2D eigenvalue weighted by atomic mass is 19.3. The summed E-state index contributed by atoms with van der Waals surface area (Å²) in [5, 5.41) is 5.15. The highest BCUT2D eigenvalue weighted by Gasteiger charge is 2.42. The summed E-state index contributed by atoms with van der Waals surface area (Å²) in [5.74, 6) is -3.12. The molecule has 0 aromatic rings. The van der Waals surface area contributed by atoms with Gasteiger partial charge in [0.25, 0.3) is 5.92 Å². The third-order valence-corrected chi connectivity index (χ3v) is 3.48. The Balaban J connectivity index is 1.57. The van der Waals surface area contributed by atoms with Gasteiger partial charge in [0.2, 0.25) is 5.91 Å². The summed E-state index contributed by atoms with van der Waals surface area (Å²) in [6.45, 7) is 0.433. The molecule has 1 amide bonds. The third kappa shape index (κ3) is 3.88. The van der Waals surface area contributed by atoms with Crippen LogP contribution in [0.1, 0.15) is 32.1 Å². The Bertz CT molecular complexity index is 294. The van der Waals surface area contributed by atoms with Crippen LogP contribution in [0.5, 0.6) is 0 Å². The Labute approximate surface area is 105 Å². The van der Waals surface area contributed by atoms with Crippen molar-refractivity contribution in [1.29, 1.82) is 0 Å². The van der Waals surface area contributed by atoms with Gasteiger partial charge in [0, 0.05) is 13.0 Å². The Morgan fingerprint density at radius 2 is 2.11 bits per heavy atom. The van der Waals surface area contributed by atoms with Crippen molar-refractivity contribution in [3.8, 4) is 0 Å². The molecule has 1 aliphatic carbocycles. The summed E-state index contributed by atoms with van der Waals surface area (Å²) in [7, 11) is 0. The van der Waals surface area contributed by atoms with E-state index in [2.05, 4.69) is 10.6 Å². The van der Waals surface area contributed by atoms with Crippen molar-refractivity contribution in [2.75, 3.05) is 19.7 Å². The number of hydrogen-bond donors (Lipinski definition) is 2. The number of carbonyl (C=O) groups is 1. The van der Waals surface area contributed by atoms with Crippen LogP contribution in [-0.2, 0) is 9.53 Å². The zero-order valence-electron chi connectivity index (χ0n) is 10.4. The maximum atomic E-state index is 12.9. The molecule has 1 unspecified atom stereocenters. The lowest BCUT2D eigenvalue weighted by molar-refractivity contribution is -0.123. The number of halogens is 2. The first-order valence-corrected chi connectivity index (χ1v) is 6.57. The molecule has 1 atom stereocenters. The molecule has 2 fully saturated rings. The fourth-order valence-electron chi connectivity index (χ4n) is 2.48. The number of carbonyl (C=O) groups excluding carboxylic acids is 1. The number of hydrogen-bond acceptors (Lipinski definition) is 3. The minimum absolute atomic E-state index is 0.316. The van der Waals surface area contributed by atoms with Gasteiger partial charge in [0.1, 0.15) is 0 Å². The summed E-state index contributed by atoms with van der Waals surface area (Å²) < 4.78 is 31.3. The van der Waals surface area contributed by atoms with Gasteiger partial charge >= 0.3 is 0 Å². The van der Waals surface area contributed by atoms with Gasteiger partial charge in [-0.2, -0.15) is 0 Å². The van der Waals surface area contributed by atoms with Crippen molar-refractivity contribution in [3.63, 3.8) is 0 Å². The first kappa shape index (κ1) is 13.7. The van der Waals surface area contributed by atoms with Crippen LogP contribution in [0.25, 0.3) is 0 Å². The number of amides is 1. The second kappa shape index (κ2) is 5.93. The molecule has 1 aliphatic heterocycles. The summed E-state index contributed by atoms with van der Waals surface area (Å²) in [4.78, 5) is 11.6. The first-order chi connectivity index (χ1) is 8.57. The fourth-order valence-corrected chi connectivity index (χ4v) is 2.48. The van der Waals surface area contributed by atoms with Crippen LogP contribution in [0, 0.1) is 0 Å². The van der Waals surface area contributed by atoms with Crippen LogP contribution in [0.3, 0.4) is 0 Å². The maximum Gasteiger partial charge on any atom is 0.262 e. The summed E-state index contributed by atoms with van der Waals surface area (Å²) in [6.07, 6.45) is 4.49. The largest absolute Gasteiger partial charge is 0.376 e. The molecule has 4 nitrogen and oxygen atoms in total. The average Bonchev–Trinajstić information content (AvgIpc) is 2.93. The molecule has 0 aromatic carbocycles. The minimum atomic E-state index is -2.76. The van der Waals surface area contributed by atoms with Gasteiger partial charge in [-0.15, -0.1) is 0 Å². The van der Waals surface area contributed by atoms with Crippen molar-refractivity contribution < 1.29 is 18.3 Å². The van der Waals surface area contributed by atoms with E-state index in [1.165, 1.54) is 12.8 Å². The van der Waals surface area contributed by atoms with E-state index in [0.29, 0.717) is 19.3 Å². The van der Waals surface area contributed by atoms with E-state index in [0.717, 1.165) is 12.8 Å². The van der Waals surface area contributed by atoms with E-state index >= 15 is 0 Å². The predicted octanol–water partition coefficient (Wildman–Crippen LogP) is 1.06. The van der Waals surface area contributed by atoms with E-state index in [-0.39, 0.29) is 5.91 Å². The summed E-state index contributed by atoms with van der Waals surface area (Å²) in [5.41, 5.74) is 0. The predicted molar refractivity (Wildman–Crippen MR) is 62.6 cm³/mol. The zero-order valence-corrected chi connectivity index (χ0v) is 10.4. The number of rotatable bonds is 5. The highest BCUT2D eigenvalue weighted by Crippen LogP contribution is 2.25. The minimum Gasteiger partial charge on any atom is -0.376 e.